The predicted molar refractivity (Wildman–Crippen MR) is 112 cm³/mol. The summed E-state index contributed by atoms with van der Waals surface area (Å²) in [5.74, 6) is 0.284. The molecule has 0 radical (unpaired) electrons. The van der Waals surface area contributed by atoms with Crippen molar-refractivity contribution in [2.45, 2.75) is 0 Å². The molecule has 0 spiro atoms. The average Bonchev–Trinajstić information content (AvgIpc) is 2.68. The number of anilines is 1. The molecule has 3 aromatic carbocycles. The minimum atomic E-state index is -0.262. The lowest BCUT2D eigenvalue weighted by Crippen LogP contribution is -2.13. The van der Waals surface area contributed by atoms with Gasteiger partial charge < -0.3 is 10.1 Å². The van der Waals surface area contributed by atoms with E-state index in [9.17, 15) is 4.79 Å². The molecule has 0 fully saturated rings. The monoisotopic (exact) mass is 397 g/mol. The van der Waals surface area contributed by atoms with Crippen LogP contribution < -0.4 is 10.1 Å². The van der Waals surface area contributed by atoms with Crippen molar-refractivity contribution in [1.82, 2.24) is 0 Å². The van der Waals surface area contributed by atoms with Gasteiger partial charge in [0, 0.05) is 16.3 Å². The number of hydrogen-bond donors (Lipinski definition) is 1. The van der Waals surface area contributed by atoms with Gasteiger partial charge in [-0.3, -0.25) is 4.79 Å². The zero-order valence-corrected chi connectivity index (χ0v) is 16.1. The zero-order valence-electron chi connectivity index (χ0n) is 14.6. The van der Waals surface area contributed by atoms with Crippen LogP contribution in [0, 0.1) is 0 Å². The highest BCUT2D eigenvalue weighted by atomic mass is 35.5. The average molecular weight is 398 g/mol. The molecule has 3 aromatic rings. The third kappa shape index (κ3) is 4.70. The molecule has 0 bridgehead atoms. The number of benzene rings is 3. The maximum Gasteiger partial charge on any atom is 0.256 e. The first-order valence-electron chi connectivity index (χ1n) is 8.25. The van der Waals surface area contributed by atoms with Gasteiger partial charge in [-0.15, -0.1) is 0 Å². The summed E-state index contributed by atoms with van der Waals surface area (Å²) in [5.41, 5.74) is 2.62. The van der Waals surface area contributed by atoms with Gasteiger partial charge in [-0.05, 0) is 41.5 Å². The first-order valence-corrected chi connectivity index (χ1v) is 9.00. The van der Waals surface area contributed by atoms with Crippen LogP contribution in [-0.2, 0) is 4.79 Å². The van der Waals surface area contributed by atoms with Crippen molar-refractivity contribution >= 4 is 46.4 Å². The van der Waals surface area contributed by atoms with E-state index in [1.165, 1.54) is 0 Å². The molecule has 0 unspecified atom stereocenters. The summed E-state index contributed by atoms with van der Waals surface area (Å²) in [4.78, 5) is 13.0. The second-order valence-corrected chi connectivity index (χ2v) is 6.56. The lowest BCUT2D eigenvalue weighted by Gasteiger charge is -2.11. The molecule has 5 heteroatoms. The normalized spacial score (nSPS) is 11.1. The summed E-state index contributed by atoms with van der Waals surface area (Å²) < 4.78 is 5.14. The number of amides is 1. The topological polar surface area (TPSA) is 38.3 Å². The van der Waals surface area contributed by atoms with Gasteiger partial charge in [0.15, 0.2) is 0 Å². The highest BCUT2D eigenvalue weighted by molar-refractivity contribution is 6.34. The molecule has 27 heavy (non-hydrogen) atoms. The van der Waals surface area contributed by atoms with Crippen LogP contribution in [0.3, 0.4) is 0 Å². The Bertz CT molecular complexity index is 985. The Kier molecular flexibility index (Phi) is 6.17. The van der Waals surface area contributed by atoms with E-state index < -0.39 is 0 Å². The first kappa shape index (κ1) is 19.0. The summed E-state index contributed by atoms with van der Waals surface area (Å²) in [6.07, 6.45) is 1.78. The van der Waals surface area contributed by atoms with Gasteiger partial charge >= 0.3 is 0 Å². The quantitative estimate of drug-likeness (QED) is 0.412. The second kappa shape index (κ2) is 8.76. The van der Waals surface area contributed by atoms with E-state index in [1.54, 1.807) is 37.5 Å². The molecular formula is C22H17Cl2NO2. The van der Waals surface area contributed by atoms with E-state index in [-0.39, 0.29) is 5.91 Å². The largest absolute Gasteiger partial charge is 0.495 e. The van der Waals surface area contributed by atoms with Crippen molar-refractivity contribution in [1.29, 1.82) is 0 Å². The SMILES string of the molecule is COc1ccc(NC(=O)/C(=C/c2ccccc2Cl)c2ccccc2)cc1Cl. The zero-order chi connectivity index (χ0) is 19.2. The van der Waals surface area contributed by atoms with Crippen molar-refractivity contribution in [2.75, 3.05) is 12.4 Å². The molecule has 0 atom stereocenters. The third-order valence-corrected chi connectivity index (χ3v) is 4.58. The number of rotatable bonds is 5. The number of carbonyl (C=O) groups is 1. The smallest absolute Gasteiger partial charge is 0.256 e. The molecule has 0 aliphatic rings. The van der Waals surface area contributed by atoms with Gasteiger partial charge in [0.05, 0.1) is 12.1 Å². The maximum absolute atomic E-state index is 13.0. The molecular weight excluding hydrogens is 381 g/mol. The predicted octanol–water partition coefficient (Wildman–Crippen LogP) is 6.18. The van der Waals surface area contributed by atoms with Crippen molar-refractivity contribution < 1.29 is 9.53 Å². The van der Waals surface area contributed by atoms with E-state index in [0.717, 1.165) is 11.1 Å². The summed E-state index contributed by atoms with van der Waals surface area (Å²) in [6.45, 7) is 0. The minimum Gasteiger partial charge on any atom is -0.495 e. The van der Waals surface area contributed by atoms with E-state index in [0.29, 0.717) is 27.1 Å². The van der Waals surface area contributed by atoms with Crippen LogP contribution in [0.5, 0.6) is 5.75 Å². The van der Waals surface area contributed by atoms with Crippen LogP contribution in [0.15, 0.2) is 72.8 Å². The van der Waals surface area contributed by atoms with Crippen LogP contribution in [0.25, 0.3) is 11.6 Å². The fourth-order valence-corrected chi connectivity index (χ4v) is 3.04. The first-order chi connectivity index (χ1) is 13.1. The Morgan fingerprint density at radius 2 is 1.63 bits per heavy atom. The van der Waals surface area contributed by atoms with Gasteiger partial charge in [-0.1, -0.05) is 71.7 Å². The number of nitrogens with one attached hydrogen (secondary N) is 1. The summed E-state index contributed by atoms with van der Waals surface area (Å²) >= 11 is 12.4. The fourth-order valence-electron chi connectivity index (χ4n) is 2.59. The molecule has 1 N–H and O–H groups in total. The van der Waals surface area contributed by atoms with Crippen LogP contribution >= 0.6 is 23.2 Å². The third-order valence-electron chi connectivity index (χ3n) is 3.94. The molecule has 0 saturated carbocycles. The van der Waals surface area contributed by atoms with Gasteiger partial charge in [-0.25, -0.2) is 0 Å². The molecule has 0 aromatic heterocycles. The molecule has 3 nitrogen and oxygen atoms in total. The molecule has 0 saturated heterocycles. The van der Waals surface area contributed by atoms with Crippen LogP contribution in [0.1, 0.15) is 11.1 Å². The highest BCUT2D eigenvalue weighted by Crippen LogP contribution is 2.29. The van der Waals surface area contributed by atoms with E-state index in [2.05, 4.69) is 5.32 Å². The summed E-state index contributed by atoms with van der Waals surface area (Å²) in [5, 5.41) is 3.88. The Morgan fingerprint density at radius 3 is 2.30 bits per heavy atom. The van der Waals surface area contributed by atoms with Gasteiger partial charge in [0.1, 0.15) is 5.75 Å². The van der Waals surface area contributed by atoms with Gasteiger partial charge in [-0.2, -0.15) is 0 Å². The molecule has 0 aliphatic carbocycles. The van der Waals surface area contributed by atoms with E-state index >= 15 is 0 Å². The lowest BCUT2D eigenvalue weighted by atomic mass is 10.0. The Morgan fingerprint density at radius 1 is 0.926 bits per heavy atom. The molecule has 0 aliphatic heterocycles. The number of carbonyl (C=O) groups excluding carboxylic acids is 1. The van der Waals surface area contributed by atoms with Gasteiger partial charge in [0.25, 0.3) is 5.91 Å². The Hall–Kier alpha value is -2.75. The standard InChI is InChI=1S/C22H17Cl2NO2/c1-27-21-12-11-17(14-20(21)24)25-22(26)18(15-7-3-2-4-8-15)13-16-9-5-6-10-19(16)23/h2-14H,1H3,(H,25,26)/b18-13+. The summed E-state index contributed by atoms with van der Waals surface area (Å²) in [6, 6.07) is 21.9. The van der Waals surface area contributed by atoms with Crippen molar-refractivity contribution in [2.24, 2.45) is 0 Å². The molecule has 0 heterocycles. The van der Waals surface area contributed by atoms with Crippen LogP contribution in [-0.4, -0.2) is 13.0 Å². The Balaban J connectivity index is 1.97. The fraction of sp³-hybridized carbons (Fsp3) is 0.0455. The molecule has 1 amide bonds. The second-order valence-electron chi connectivity index (χ2n) is 5.75. The number of halogens is 2. The van der Waals surface area contributed by atoms with E-state index in [1.807, 2.05) is 48.5 Å². The van der Waals surface area contributed by atoms with Crippen LogP contribution in [0.2, 0.25) is 10.0 Å². The van der Waals surface area contributed by atoms with Gasteiger partial charge in [0.2, 0.25) is 0 Å². The maximum atomic E-state index is 13.0. The number of methoxy groups -OCH3 is 1. The highest BCUT2D eigenvalue weighted by Gasteiger charge is 2.14. The molecule has 3 rings (SSSR count). The van der Waals surface area contributed by atoms with Crippen molar-refractivity contribution in [3.05, 3.63) is 94.0 Å². The van der Waals surface area contributed by atoms with Crippen LogP contribution in [0.4, 0.5) is 5.69 Å². The lowest BCUT2D eigenvalue weighted by molar-refractivity contribution is -0.111. The molecule has 136 valence electrons. The van der Waals surface area contributed by atoms with Crippen molar-refractivity contribution in [3.8, 4) is 5.75 Å². The van der Waals surface area contributed by atoms with Crippen molar-refractivity contribution in [3.63, 3.8) is 0 Å². The van der Waals surface area contributed by atoms with E-state index in [4.69, 9.17) is 27.9 Å². The Labute approximate surface area is 168 Å². The summed E-state index contributed by atoms with van der Waals surface area (Å²) in [7, 11) is 1.54. The minimum absolute atomic E-state index is 0.262. The number of ether oxygens (including phenoxy) is 1. The number of hydrogen-bond acceptors (Lipinski definition) is 2.